The van der Waals surface area contributed by atoms with Gasteiger partial charge in [-0.3, -0.25) is 4.79 Å². The molecule has 7 heteroatoms. The number of amides is 1. The quantitative estimate of drug-likeness (QED) is 0.628. The lowest BCUT2D eigenvalue weighted by Crippen LogP contribution is -2.31. The third-order valence-corrected chi connectivity index (χ3v) is 4.47. The van der Waals surface area contributed by atoms with Crippen molar-refractivity contribution in [1.82, 2.24) is 5.32 Å². The van der Waals surface area contributed by atoms with Gasteiger partial charge in [-0.2, -0.15) is 0 Å². The third kappa shape index (κ3) is 4.28. The Hall–Kier alpha value is -2.86. The van der Waals surface area contributed by atoms with E-state index >= 15 is 0 Å². The van der Waals surface area contributed by atoms with Crippen molar-refractivity contribution < 1.29 is 18.7 Å². The topological polar surface area (TPSA) is 72.7 Å². The Bertz CT molecular complexity index is 921. The van der Waals surface area contributed by atoms with Crippen LogP contribution in [0.25, 0.3) is 11.0 Å². The van der Waals surface area contributed by atoms with Gasteiger partial charge in [0.2, 0.25) is 5.91 Å². The van der Waals surface area contributed by atoms with Crippen LogP contribution in [-0.4, -0.2) is 26.7 Å². The fourth-order valence-corrected chi connectivity index (χ4v) is 2.97. The molecular weight excluding hydrogens is 368 g/mol. The van der Waals surface area contributed by atoms with E-state index < -0.39 is 0 Å². The molecular formula is C20H21ClN2O4. The highest BCUT2D eigenvalue weighted by Gasteiger charge is 2.15. The molecule has 2 aromatic carbocycles. The number of hydrogen-bond acceptors (Lipinski definition) is 5. The third-order valence-electron chi connectivity index (χ3n) is 4.16. The summed E-state index contributed by atoms with van der Waals surface area (Å²) in [6.45, 7) is 1.93. The maximum absolute atomic E-state index is 12.3. The molecule has 3 rings (SSSR count). The number of carbonyl (C=O) groups excluding carboxylic acids is 1. The summed E-state index contributed by atoms with van der Waals surface area (Å²) in [7, 11) is 3.07. The summed E-state index contributed by atoms with van der Waals surface area (Å²) < 4.78 is 16.2. The van der Waals surface area contributed by atoms with Crippen LogP contribution in [-0.2, 0) is 4.79 Å². The number of rotatable bonds is 7. The Morgan fingerprint density at radius 3 is 2.56 bits per heavy atom. The number of nitrogens with one attached hydrogen (secondary N) is 2. The van der Waals surface area contributed by atoms with Gasteiger partial charge < -0.3 is 24.5 Å². The highest BCUT2D eigenvalue weighted by Crippen LogP contribution is 2.35. The molecule has 0 bridgehead atoms. The van der Waals surface area contributed by atoms with Crippen LogP contribution in [0.3, 0.4) is 0 Å². The number of benzene rings is 2. The van der Waals surface area contributed by atoms with Gasteiger partial charge in [-0.15, -0.1) is 0 Å². The first kappa shape index (κ1) is 18.9. The first-order valence-corrected chi connectivity index (χ1v) is 8.83. The summed E-state index contributed by atoms with van der Waals surface area (Å²) >= 11 is 6.22. The van der Waals surface area contributed by atoms with E-state index in [4.69, 9.17) is 25.5 Å². The normalized spacial score (nSPS) is 11.9. The number of carbonyl (C=O) groups is 1. The van der Waals surface area contributed by atoms with Gasteiger partial charge in [-0.1, -0.05) is 29.8 Å². The van der Waals surface area contributed by atoms with Crippen LogP contribution in [0.1, 0.15) is 18.7 Å². The lowest BCUT2D eigenvalue weighted by Gasteiger charge is -2.15. The summed E-state index contributed by atoms with van der Waals surface area (Å²) in [6, 6.07) is 12.7. The average molecular weight is 389 g/mol. The van der Waals surface area contributed by atoms with Crippen molar-refractivity contribution in [2.45, 2.75) is 13.0 Å². The highest BCUT2D eigenvalue weighted by atomic mass is 35.5. The van der Waals surface area contributed by atoms with Gasteiger partial charge >= 0.3 is 0 Å². The monoisotopic (exact) mass is 388 g/mol. The first-order chi connectivity index (χ1) is 13.0. The zero-order chi connectivity index (χ0) is 19.4. The zero-order valence-corrected chi connectivity index (χ0v) is 16.1. The largest absolute Gasteiger partial charge is 0.493 e. The van der Waals surface area contributed by atoms with Gasteiger partial charge in [0.05, 0.1) is 37.5 Å². The van der Waals surface area contributed by atoms with Gasteiger partial charge in [0, 0.05) is 17.5 Å². The van der Waals surface area contributed by atoms with Crippen molar-refractivity contribution in [3.8, 4) is 11.5 Å². The van der Waals surface area contributed by atoms with Gasteiger partial charge in [-0.05, 0) is 19.1 Å². The van der Waals surface area contributed by atoms with Gasteiger partial charge in [0.15, 0.2) is 11.5 Å². The second-order valence-electron chi connectivity index (χ2n) is 6.02. The number of hydrogen-bond donors (Lipinski definition) is 2. The summed E-state index contributed by atoms with van der Waals surface area (Å²) in [5.41, 5.74) is 1.38. The molecule has 0 fully saturated rings. The van der Waals surface area contributed by atoms with E-state index in [1.165, 1.54) is 14.2 Å². The zero-order valence-electron chi connectivity index (χ0n) is 15.3. The minimum atomic E-state index is -0.257. The van der Waals surface area contributed by atoms with E-state index in [0.717, 1.165) is 11.0 Å². The first-order valence-electron chi connectivity index (χ1n) is 8.45. The Kier molecular flexibility index (Phi) is 5.76. The van der Waals surface area contributed by atoms with Crippen LogP contribution in [0.4, 0.5) is 5.69 Å². The van der Waals surface area contributed by atoms with E-state index in [2.05, 4.69) is 10.6 Å². The number of ether oxygens (including phenoxy) is 2. The molecule has 1 atom stereocenters. The molecule has 1 amide bonds. The van der Waals surface area contributed by atoms with Crippen LogP contribution in [0.2, 0.25) is 5.02 Å². The van der Waals surface area contributed by atoms with Crippen LogP contribution in [0.5, 0.6) is 11.5 Å². The van der Waals surface area contributed by atoms with Crippen molar-refractivity contribution >= 4 is 34.2 Å². The van der Waals surface area contributed by atoms with Crippen molar-refractivity contribution in [1.29, 1.82) is 0 Å². The average Bonchev–Trinajstić information content (AvgIpc) is 3.11. The standard InChI is InChI=1S/C20H21ClN2O4/c1-12(17-8-13-6-4-5-7-16(13)27-17)23-20(24)11-22-15-10-19(26-3)18(25-2)9-14(15)21/h4-10,12,22H,11H2,1-3H3,(H,23,24)/t12-/m1/s1. The maximum Gasteiger partial charge on any atom is 0.239 e. The molecule has 1 aromatic heterocycles. The number of para-hydroxylation sites is 1. The number of fused-ring (bicyclic) bond motifs is 1. The van der Waals surface area contributed by atoms with E-state index in [1.807, 2.05) is 37.3 Å². The van der Waals surface area contributed by atoms with E-state index in [9.17, 15) is 4.79 Å². The summed E-state index contributed by atoms with van der Waals surface area (Å²) in [4.78, 5) is 12.3. The molecule has 0 saturated carbocycles. The molecule has 0 radical (unpaired) electrons. The fourth-order valence-electron chi connectivity index (χ4n) is 2.74. The van der Waals surface area contributed by atoms with Crippen molar-refractivity contribution in [2.24, 2.45) is 0 Å². The molecule has 0 saturated heterocycles. The van der Waals surface area contributed by atoms with Gasteiger partial charge in [-0.25, -0.2) is 0 Å². The predicted octanol–water partition coefficient (Wildman–Crippen LogP) is 4.39. The lowest BCUT2D eigenvalue weighted by molar-refractivity contribution is -0.120. The highest BCUT2D eigenvalue weighted by molar-refractivity contribution is 6.33. The van der Waals surface area contributed by atoms with Gasteiger partial charge in [0.25, 0.3) is 0 Å². The number of anilines is 1. The molecule has 0 spiro atoms. The number of halogens is 1. The summed E-state index contributed by atoms with van der Waals surface area (Å²) in [6.07, 6.45) is 0. The van der Waals surface area contributed by atoms with E-state index in [0.29, 0.717) is 28.0 Å². The number of methoxy groups -OCH3 is 2. The Labute approximate surface area is 162 Å². The van der Waals surface area contributed by atoms with Crippen molar-refractivity contribution in [2.75, 3.05) is 26.1 Å². The molecule has 0 aliphatic carbocycles. The molecule has 0 aliphatic heterocycles. The molecule has 0 unspecified atom stereocenters. The van der Waals surface area contributed by atoms with E-state index in [1.54, 1.807) is 12.1 Å². The summed E-state index contributed by atoms with van der Waals surface area (Å²) in [5.74, 6) is 1.57. The molecule has 1 heterocycles. The molecule has 27 heavy (non-hydrogen) atoms. The predicted molar refractivity (Wildman–Crippen MR) is 106 cm³/mol. The Morgan fingerprint density at radius 1 is 1.15 bits per heavy atom. The summed E-state index contributed by atoms with van der Waals surface area (Å²) in [5, 5.41) is 7.36. The molecule has 142 valence electrons. The van der Waals surface area contributed by atoms with Crippen molar-refractivity contribution in [3.05, 3.63) is 53.2 Å². The number of furan rings is 1. The van der Waals surface area contributed by atoms with Crippen LogP contribution in [0, 0.1) is 0 Å². The fraction of sp³-hybridized carbons (Fsp3) is 0.250. The van der Waals surface area contributed by atoms with Gasteiger partial charge in [0.1, 0.15) is 11.3 Å². The SMILES string of the molecule is COc1cc(Cl)c(NCC(=O)N[C@H](C)c2cc3ccccc3o2)cc1OC. The van der Waals surface area contributed by atoms with Crippen molar-refractivity contribution in [3.63, 3.8) is 0 Å². The van der Waals surface area contributed by atoms with Crippen LogP contribution < -0.4 is 20.1 Å². The lowest BCUT2D eigenvalue weighted by atomic mass is 10.2. The molecule has 2 N–H and O–H groups in total. The van der Waals surface area contributed by atoms with E-state index in [-0.39, 0.29) is 18.5 Å². The molecule has 3 aromatic rings. The molecule has 0 aliphatic rings. The minimum Gasteiger partial charge on any atom is -0.493 e. The van der Waals surface area contributed by atoms with Crippen LogP contribution >= 0.6 is 11.6 Å². The minimum absolute atomic E-state index is 0.0553. The second-order valence-corrected chi connectivity index (χ2v) is 6.42. The Balaban J connectivity index is 1.62. The maximum atomic E-state index is 12.3. The second kappa shape index (κ2) is 8.22. The molecule has 6 nitrogen and oxygen atoms in total. The Morgan fingerprint density at radius 2 is 1.85 bits per heavy atom. The van der Waals surface area contributed by atoms with Crippen LogP contribution in [0.15, 0.2) is 46.9 Å². The smallest absolute Gasteiger partial charge is 0.239 e.